The van der Waals surface area contributed by atoms with Gasteiger partial charge < -0.3 is 5.11 Å². The minimum Gasteiger partial charge on any atom is -0.478 e. The third kappa shape index (κ3) is 2.53. The second-order valence-corrected chi connectivity index (χ2v) is 6.81. The van der Waals surface area contributed by atoms with Crippen molar-refractivity contribution in [1.29, 1.82) is 0 Å². The number of halogens is 1. The first-order valence-electron chi connectivity index (χ1n) is 5.01. The summed E-state index contributed by atoms with van der Waals surface area (Å²) < 4.78 is 31.6. The highest BCUT2D eigenvalue weighted by Gasteiger charge is 2.27. The zero-order valence-corrected chi connectivity index (χ0v) is 13.4. The Kier molecular flexibility index (Phi) is 3.80. The molecule has 0 aromatic carbocycles. The Labute approximate surface area is 126 Å². The minimum absolute atomic E-state index is 0.0330. The highest BCUT2D eigenvalue weighted by Crippen LogP contribution is 2.28. The van der Waals surface area contributed by atoms with Crippen LogP contribution in [0.15, 0.2) is 9.63 Å². The molecule has 0 atom stereocenters. The molecule has 20 heavy (non-hydrogen) atoms. The summed E-state index contributed by atoms with van der Waals surface area (Å²) in [4.78, 5) is 11.1. The van der Waals surface area contributed by atoms with Crippen molar-refractivity contribution in [3.8, 4) is 0 Å². The Bertz CT molecular complexity index is 761. The van der Waals surface area contributed by atoms with E-state index in [1.165, 1.54) is 14.0 Å². The number of carbonyl (C=O) groups is 1. The van der Waals surface area contributed by atoms with Crippen LogP contribution in [0.2, 0.25) is 0 Å². The summed E-state index contributed by atoms with van der Waals surface area (Å²) >= 11 is 3.73. The predicted octanol–water partition coefficient (Wildman–Crippen LogP) is 0.842. The van der Waals surface area contributed by atoms with Crippen LogP contribution in [-0.2, 0) is 17.1 Å². The molecule has 0 aliphatic carbocycles. The zero-order valence-electron chi connectivity index (χ0n) is 10.2. The van der Waals surface area contributed by atoms with Crippen molar-refractivity contribution in [2.45, 2.75) is 11.9 Å². The monoisotopic (exact) mass is 381 g/mol. The van der Waals surface area contributed by atoms with Crippen molar-refractivity contribution in [2.75, 3.05) is 4.72 Å². The Balaban J connectivity index is 2.47. The topological polar surface area (TPSA) is 127 Å². The lowest BCUT2D eigenvalue weighted by atomic mass is 10.2. The van der Waals surface area contributed by atoms with Gasteiger partial charge in [-0.2, -0.15) is 12.8 Å². The second-order valence-electron chi connectivity index (χ2n) is 3.69. The first kappa shape index (κ1) is 14.9. The minimum atomic E-state index is -4.03. The molecule has 0 saturated heterocycles. The third-order valence-corrected chi connectivity index (χ3v) is 5.51. The van der Waals surface area contributed by atoms with E-state index < -0.39 is 16.0 Å². The van der Waals surface area contributed by atoms with Crippen molar-refractivity contribution in [1.82, 2.24) is 19.4 Å². The van der Waals surface area contributed by atoms with Crippen molar-refractivity contribution >= 4 is 48.5 Å². The van der Waals surface area contributed by atoms with Gasteiger partial charge in [-0.1, -0.05) is 5.21 Å². The van der Waals surface area contributed by atoms with Gasteiger partial charge in [-0.25, -0.2) is 9.48 Å². The van der Waals surface area contributed by atoms with Crippen LogP contribution >= 0.6 is 27.5 Å². The highest BCUT2D eigenvalue weighted by atomic mass is 79.9. The van der Waals surface area contributed by atoms with Gasteiger partial charge in [0.15, 0.2) is 4.60 Å². The average molecular weight is 382 g/mol. The molecule has 0 spiro atoms. The zero-order chi connectivity index (χ0) is 15.1. The fourth-order valence-electron chi connectivity index (χ4n) is 1.47. The molecule has 2 aromatic rings. The number of carboxylic acids is 1. The maximum Gasteiger partial charge on any atom is 0.340 e. The summed E-state index contributed by atoms with van der Waals surface area (Å²) in [5, 5.41) is 15.9. The molecule has 9 nitrogen and oxygen atoms in total. The highest BCUT2D eigenvalue weighted by molar-refractivity contribution is 9.10. The predicted molar refractivity (Wildman–Crippen MR) is 73.3 cm³/mol. The van der Waals surface area contributed by atoms with E-state index in [4.69, 9.17) is 5.11 Å². The fourth-order valence-corrected chi connectivity index (χ4v) is 4.65. The van der Waals surface area contributed by atoms with Gasteiger partial charge in [-0.05, 0) is 34.4 Å². The van der Waals surface area contributed by atoms with Gasteiger partial charge in [-0.3, -0.25) is 4.72 Å². The molecule has 0 fully saturated rings. The summed E-state index contributed by atoms with van der Waals surface area (Å²) in [7, 11) is -2.62. The maximum absolute atomic E-state index is 12.2. The number of sulfonamides is 1. The number of rotatable bonds is 4. The molecule has 0 radical (unpaired) electrons. The molecule has 2 rings (SSSR count). The van der Waals surface area contributed by atoms with Crippen molar-refractivity contribution < 1.29 is 18.3 Å². The van der Waals surface area contributed by atoms with Crippen LogP contribution in [0.3, 0.4) is 0 Å². The van der Waals surface area contributed by atoms with E-state index in [-0.39, 0.29) is 25.9 Å². The molecular weight excluding hydrogens is 374 g/mol. The van der Waals surface area contributed by atoms with Crippen molar-refractivity contribution in [3.63, 3.8) is 0 Å². The van der Waals surface area contributed by atoms with Crippen LogP contribution in [0, 0.1) is 6.92 Å². The first-order valence-corrected chi connectivity index (χ1v) is 8.06. The number of carboxylic acid groups (broad SMARTS) is 1. The van der Waals surface area contributed by atoms with Crippen LogP contribution in [0.1, 0.15) is 16.1 Å². The third-order valence-electron chi connectivity index (χ3n) is 2.30. The summed E-state index contributed by atoms with van der Waals surface area (Å²) in [5.41, 5.74) is 0.0622. The van der Waals surface area contributed by atoms with Crippen molar-refractivity contribution in [2.24, 2.45) is 7.05 Å². The number of aromatic carboxylic acids is 1. The van der Waals surface area contributed by atoms with E-state index >= 15 is 0 Å². The Morgan fingerprint density at radius 3 is 2.65 bits per heavy atom. The number of anilines is 1. The molecule has 2 N–H and O–H groups in total. The molecule has 0 aliphatic rings. The first-order chi connectivity index (χ1) is 9.24. The van der Waals surface area contributed by atoms with Gasteiger partial charge >= 0.3 is 5.97 Å². The van der Waals surface area contributed by atoms with Gasteiger partial charge in [0.05, 0.1) is 5.69 Å². The molecule has 108 valence electrons. The number of hydrogen-bond donors (Lipinski definition) is 2. The van der Waals surface area contributed by atoms with Crippen LogP contribution in [0.4, 0.5) is 5.00 Å². The summed E-state index contributed by atoms with van der Waals surface area (Å²) in [6.45, 7) is 1.49. The summed E-state index contributed by atoms with van der Waals surface area (Å²) in [5.74, 6) is -1.25. The molecular formula is C8H8BrN5O4S2. The molecule has 0 aliphatic heterocycles. The fraction of sp³-hybridized carbons (Fsp3) is 0.250. The maximum atomic E-state index is 12.2. The lowest BCUT2D eigenvalue weighted by Crippen LogP contribution is -2.18. The largest absolute Gasteiger partial charge is 0.478 e. The van der Waals surface area contributed by atoms with Gasteiger partial charge in [0.1, 0.15) is 10.6 Å². The van der Waals surface area contributed by atoms with Gasteiger partial charge in [0, 0.05) is 7.05 Å². The van der Waals surface area contributed by atoms with E-state index in [9.17, 15) is 13.2 Å². The molecule has 2 aromatic heterocycles. The van der Waals surface area contributed by atoms with Gasteiger partial charge in [0.2, 0.25) is 5.03 Å². The molecule has 0 unspecified atom stereocenters. The lowest BCUT2D eigenvalue weighted by molar-refractivity contribution is 0.0697. The SMILES string of the molecule is Cc1nsc(NS(=O)(=O)c2c(Br)nnn2C)c1C(=O)O. The molecule has 0 amide bonds. The van der Waals surface area contributed by atoms with E-state index in [0.29, 0.717) is 0 Å². The van der Waals surface area contributed by atoms with E-state index in [0.717, 1.165) is 16.2 Å². The van der Waals surface area contributed by atoms with Crippen LogP contribution in [0.25, 0.3) is 0 Å². The van der Waals surface area contributed by atoms with Gasteiger partial charge in [0.25, 0.3) is 10.0 Å². The summed E-state index contributed by atoms with van der Waals surface area (Å²) in [6.07, 6.45) is 0. The molecule has 0 saturated carbocycles. The summed E-state index contributed by atoms with van der Waals surface area (Å²) in [6, 6.07) is 0. The van der Waals surface area contributed by atoms with E-state index in [1.54, 1.807) is 0 Å². The number of nitrogens with zero attached hydrogens (tertiary/aromatic N) is 4. The second kappa shape index (κ2) is 5.10. The smallest absolute Gasteiger partial charge is 0.340 e. The number of nitrogens with one attached hydrogen (secondary N) is 1. The Hall–Kier alpha value is -1.53. The van der Waals surface area contributed by atoms with Gasteiger partial charge in [-0.15, -0.1) is 5.10 Å². The Morgan fingerprint density at radius 2 is 2.15 bits per heavy atom. The van der Waals surface area contributed by atoms with Crippen LogP contribution < -0.4 is 4.72 Å². The van der Waals surface area contributed by atoms with Crippen LogP contribution in [-0.4, -0.2) is 38.9 Å². The lowest BCUT2D eigenvalue weighted by Gasteiger charge is -2.06. The quantitative estimate of drug-likeness (QED) is 0.802. The molecule has 0 bridgehead atoms. The number of aryl methyl sites for hydroxylation is 2. The molecule has 12 heteroatoms. The average Bonchev–Trinajstić information content (AvgIpc) is 2.82. The standard InChI is InChI=1S/C8H8BrN5O4S2/c1-3-4(8(15)16)6(19-11-3)12-20(17,18)7-5(9)10-13-14(7)2/h12H,1-2H3,(H,15,16). The van der Waals surface area contributed by atoms with E-state index in [1.807, 2.05) is 0 Å². The normalized spacial score (nSPS) is 11.6. The molecule has 2 heterocycles. The van der Waals surface area contributed by atoms with Crippen LogP contribution in [0.5, 0.6) is 0 Å². The van der Waals surface area contributed by atoms with E-state index in [2.05, 4.69) is 35.3 Å². The number of aromatic nitrogens is 4. The Morgan fingerprint density at radius 1 is 1.50 bits per heavy atom. The number of hydrogen-bond acceptors (Lipinski definition) is 7. The van der Waals surface area contributed by atoms with Crippen molar-refractivity contribution in [3.05, 3.63) is 15.9 Å².